The van der Waals surface area contributed by atoms with E-state index in [2.05, 4.69) is 23.1 Å². The van der Waals surface area contributed by atoms with Gasteiger partial charge in [0.15, 0.2) is 23.1 Å². The molecule has 2 aliphatic rings. The molecule has 0 radical (unpaired) electrons. The highest BCUT2D eigenvalue weighted by Crippen LogP contribution is 2.48. The molecule has 0 spiro atoms. The molecule has 0 unspecified atom stereocenters. The summed E-state index contributed by atoms with van der Waals surface area (Å²) in [5, 5.41) is 1.18. The van der Waals surface area contributed by atoms with Gasteiger partial charge in [0.2, 0.25) is 0 Å². The number of aromatic nitrogens is 2. The molecule has 66 heavy (non-hydrogen) atoms. The van der Waals surface area contributed by atoms with Crippen LogP contribution in [0, 0.1) is 0 Å². The summed E-state index contributed by atoms with van der Waals surface area (Å²) in [7, 11) is 0. The zero-order chi connectivity index (χ0) is 47.4. The van der Waals surface area contributed by atoms with Gasteiger partial charge >= 0.3 is 11.9 Å². The van der Waals surface area contributed by atoms with Crippen LogP contribution in [0.5, 0.6) is 11.5 Å². The zero-order valence-electron chi connectivity index (χ0n) is 35.4. The van der Waals surface area contributed by atoms with E-state index in [-0.39, 0.29) is 68.3 Å². The lowest BCUT2D eigenvalue weighted by Crippen LogP contribution is -2.15. The van der Waals surface area contributed by atoms with Gasteiger partial charge in [-0.05, 0) is 38.1 Å². The summed E-state index contributed by atoms with van der Waals surface area (Å²) in [4.78, 5) is 84.2. The lowest BCUT2D eigenvalue weighted by atomic mass is 9.98. The maximum Gasteiger partial charge on any atom is 0.333 e. The molecule has 6 aromatic rings. The average Bonchev–Trinajstić information content (AvgIpc) is 3.73. The van der Waals surface area contributed by atoms with Crippen molar-refractivity contribution < 1.29 is 47.7 Å². The number of ketones is 4. The van der Waals surface area contributed by atoms with Gasteiger partial charge in [-0.1, -0.05) is 120 Å². The molecule has 2 aromatic heterocycles. The summed E-state index contributed by atoms with van der Waals surface area (Å²) in [6, 6.07) is 24.6. The molecule has 0 saturated heterocycles. The largest absolute Gasteiger partial charge is 0.491 e. The smallest absolute Gasteiger partial charge is 0.333 e. The molecule has 336 valence electrons. The lowest BCUT2D eigenvalue weighted by Gasteiger charge is -2.12. The van der Waals surface area contributed by atoms with Gasteiger partial charge in [-0.25, -0.2) is 19.6 Å². The number of pyridine rings is 2. The number of hydrogen-bond acceptors (Lipinski definition) is 12. The van der Waals surface area contributed by atoms with Crippen molar-refractivity contribution >= 4 is 103 Å². The summed E-state index contributed by atoms with van der Waals surface area (Å²) in [6.07, 6.45) is 0.951. The summed E-state index contributed by atoms with van der Waals surface area (Å²) in [5.74, 6) is -3.64. The number of benzene rings is 4. The van der Waals surface area contributed by atoms with Crippen LogP contribution in [0.15, 0.2) is 109 Å². The van der Waals surface area contributed by atoms with Crippen LogP contribution in [0.3, 0.4) is 0 Å². The van der Waals surface area contributed by atoms with E-state index in [4.69, 9.17) is 65.4 Å². The van der Waals surface area contributed by atoms with E-state index in [1.54, 1.807) is 74.5 Å². The third kappa shape index (κ3) is 9.59. The Balaban J connectivity index is 0.000000198. The van der Waals surface area contributed by atoms with Crippen LogP contribution in [0.4, 0.5) is 0 Å². The van der Waals surface area contributed by atoms with Gasteiger partial charge in [-0.15, -0.1) is 0 Å². The predicted molar refractivity (Wildman–Crippen MR) is 251 cm³/mol. The van der Waals surface area contributed by atoms with Gasteiger partial charge in [0.1, 0.15) is 34.4 Å². The molecule has 16 heteroatoms. The Bertz CT molecular complexity index is 2960. The van der Waals surface area contributed by atoms with Gasteiger partial charge in [-0.3, -0.25) is 19.2 Å². The molecule has 4 aromatic carbocycles. The number of rotatable bonds is 14. The first-order valence-electron chi connectivity index (χ1n) is 20.4. The molecule has 0 saturated carbocycles. The predicted octanol–water partition coefficient (Wildman–Crippen LogP) is 11.2. The molecule has 2 aliphatic carbocycles. The molecule has 12 nitrogen and oxygen atoms in total. The lowest BCUT2D eigenvalue weighted by molar-refractivity contribution is -0.140. The van der Waals surface area contributed by atoms with Crippen LogP contribution in [0.1, 0.15) is 91.3 Å². The Labute approximate surface area is 398 Å². The van der Waals surface area contributed by atoms with E-state index in [1.165, 1.54) is 0 Å². The van der Waals surface area contributed by atoms with E-state index in [9.17, 15) is 28.8 Å². The van der Waals surface area contributed by atoms with Crippen molar-refractivity contribution in [2.24, 2.45) is 0 Å². The second-order valence-corrected chi connectivity index (χ2v) is 16.8. The Hall–Kier alpha value is -6.44. The highest BCUT2D eigenvalue weighted by Gasteiger charge is 2.45. The van der Waals surface area contributed by atoms with Gasteiger partial charge in [0.05, 0.1) is 69.0 Å². The molecule has 2 heterocycles. The third-order valence-corrected chi connectivity index (χ3v) is 12.3. The topological polar surface area (TPSA) is 165 Å². The molecule has 8 rings (SSSR count). The Morgan fingerprint density at radius 2 is 0.909 bits per heavy atom. The van der Waals surface area contributed by atoms with Crippen LogP contribution in [0.25, 0.3) is 21.8 Å². The number of para-hydroxylation sites is 2. The third-order valence-electron chi connectivity index (χ3n) is 10.5. The van der Waals surface area contributed by atoms with Crippen LogP contribution >= 0.6 is 46.4 Å². The van der Waals surface area contributed by atoms with Gasteiger partial charge in [0.25, 0.3) is 0 Å². The number of carbonyl (C=O) groups excluding carboxylic acids is 6. The number of carbonyl (C=O) groups is 6. The number of ether oxygens (including phenoxy) is 4. The van der Waals surface area contributed by atoms with Crippen molar-refractivity contribution in [3.8, 4) is 11.5 Å². The quantitative estimate of drug-likeness (QED) is 0.0254. The number of nitrogens with zero attached hydrogens (tertiary/aromatic N) is 2. The first-order valence-corrected chi connectivity index (χ1v) is 21.9. The van der Waals surface area contributed by atoms with Crippen LogP contribution in [-0.2, 0) is 19.1 Å². The molecule has 0 N–H and O–H groups in total. The van der Waals surface area contributed by atoms with Crippen molar-refractivity contribution in [2.45, 2.75) is 38.5 Å². The van der Waals surface area contributed by atoms with E-state index in [1.807, 2.05) is 24.3 Å². The highest BCUT2D eigenvalue weighted by atomic mass is 35.5. The van der Waals surface area contributed by atoms with Crippen molar-refractivity contribution in [3.63, 3.8) is 0 Å². The van der Waals surface area contributed by atoms with Crippen LogP contribution in [-0.4, -0.2) is 71.5 Å². The number of halogens is 4. The SMILES string of the molecule is C=C(C)C(=O)OCCCOc1cccc2ccc(C3C(=O)c4c(Cl)c(Cl)c(Cl)c(Cl)c4C3=O)nc12.C=C(C)C(=O)OCCCOc1cccc2ccc(C3C(=O)c4ccccc4C3=O)nc12. The van der Waals surface area contributed by atoms with Gasteiger partial charge < -0.3 is 18.9 Å². The summed E-state index contributed by atoms with van der Waals surface area (Å²) in [5.41, 5.74) is 3.10. The average molecular weight is 969 g/mol. The number of Topliss-reactive ketones (excluding diaryl/α,β-unsaturated/α-hetero) is 4. The van der Waals surface area contributed by atoms with Crippen LogP contribution < -0.4 is 9.47 Å². The maximum absolute atomic E-state index is 13.2. The minimum absolute atomic E-state index is 0.0585. The molecular weight excluding hydrogens is 930 g/mol. The molecular formula is C50H38Cl4N2O10. The molecule has 0 amide bonds. The standard InChI is InChI=1S/C25H17Cl4NO5.C25H21NO5/c1-11(2)25(33)35-10-4-9-34-14-6-3-5-12-7-8-13(30-22(12)14)15-23(31)16-17(24(15)32)19(27)21(29)20(28)18(16)26;1-15(2)25(29)31-14-6-13-30-20-10-5-7-16-11-12-19(26-22(16)20)21-23(27)17-8-3-4-9-18(17)24(21)28/h3,5-8,15H,1,4,9-10H2,2H3;3-5,7-12,21H,1,6,13-14H2,2H3. The monoisotopic (exact) mass is 966 g/mol. The highest BCUT2D eigenvalue weighted by molar-refractivity contribution is 6.55. The van der Waals surface area contributed by atoms with E-state index >= 15 is 0 Å². The minimum Gasteiger partial charge on any atom is -0.491 e. The van der Waals surface area contributed by atoms with Crippen molar-refractivity contribution in [1.82, 2.24) is 9.97 Å². The Kier molecular flexibility index (Phi) is 14.7. The number of esters is 2. The molecule has 0 aliphatic heterocycles. The first kappa shape index (κ1) is 47.5. The Morgan fingerprint density at radius 1 is 0.515 bits per heavy atom. The van der Waals surface area contributed by atoms with Gasteiger partial charge in [0, 0.05) is 45.9 Å². The molecule has 0 bridgehead atoms. The minimum atomic E-state index is -1.24. The van der Waals surface area contributed by atoms with Crippen molar-refractivity contribution in [1.29, 1.82) is 0 Å². The second-order valence-electron chi connectivity index (χ2n) is 15.2. The van der Waals surface area contributed by atoms with Crippen LogP contribution in [0.2, 0.25) is 20.1 Å². The fraction of sp³-hybridized carbons (Fsp3) is 0.200. The van der Waals surface area contributed by atoms with Gasteiger partial charge in [-0.2, -0.15) is 0 Å². The van der Waals surface area contributed by atoms with Crippen molar-refractivity contribution in [3.05, 3.63) is 163 Å². The molecule has 0 atom stereocenters. The second kappa shape index (κ2) is 20.4. The summed E-state index contributed by atoms with van der Waals surface area (Å²) in [6.45, 7) is 11.2. The number of fused-ring (bicyclic) bond motifs is 4. The maximum atomic E-state index is 13.2. The fourth-order valence-electron chi connectivity index (χ4n) is 7.26. The summed E-state index contributed by atoms with van der Waals surface area (Å²) < 4.78 is 21.8. The van der Waals surface area contributed by atoms with Crippen molar-refractivity contribution in [2.75, 3.05) is 26.4 Å². The normalized spacial score (nSPS) is 13.3. The zero-order valence-corrected chi connectivity index (χ0v) is 38.4. The van der Waals surface area contributed by atoms with E-state index in [0.717, 1.165) is 10.8 Å². The number of hydrogen-bond donors (Lipinski definition) is 0. The first-order chi connectivity index (χ1) is 31.6. The fourth-order valence-corrected chi connectivity index (χ4v) is 8.30. The van der Waals surface area contributed by atoms with E-state index in [0.29, 0.717) is 69.9 Å². The molecule has 0 fully saturated rings. The summed E-state index contributed by atoms with van der Waals surface area (Å²) >= 11 is 24.7. The van der Waals surface area contributed by atoms with E-state index < -0.39 is 35.3 Å². The Morgan fingerprint density at radius 3 is 1.30 bits per heavy atom.